The van der Waals surface area contributed by atoms with E-state index in [9.17, 15) is 0 Å². The highest BCUT2D eigenvalue weighted by molar-refractivity contribution is 6.13. The Balaban J connectivity index is 2.20. The van der Waals surface area contributed by atoms with Gasteiger partial charge >= 0.3 is 0 Å². The molecule has 0 N–H and O–H groups in total. The standard InChI is InChI=1S/C4H7B/c1-3-2-4(3)5/h3-4H,2H2,1H3/t3-,4+/m1/s1. The van der Waals surface area contributed by atoms with E-state index in [4.69, 9.17) is 7.85 Å². The van der Waals surface area contributed by atoms with Crippen LogP contribution in [0.4, 0.5) is 0 Å². The Hall–Kier alpha value is 0.0649. The molecule has 2 atom stereocenters. The van der Waals surface area contributed by atoms with Crippen LogP contribution in [0.25, 0.3) is 0 Å². The van der Waals surface area contributed by atoms with E-state index < -0.39 is 0 Å². The van der Waals surface area contributed by atoms with Crippen molar-refractivity contribution in [2.45, 2.75) is 19.2 Å². The van der Waals surface area contributed by atoms with Crippen LogP contribution in [-0.2, 0) is 0 Å². The summed E-state index contributed by atoms with van der Waals surface area (Å²) in [6.45, 7) is 2.17. The molecule has 0 saturated heterocycles. The molecule has 1 aliphatic rings. The Labute approximate surface area is 34.0 Å². The predicted molar refractivity (Wildman–Crippen MR) is 23.3 cm³/mol. The molecular formula is C4H7B. The summed E-state index contributed by atoms with van der Waals surface area (Å²) in [4.78, 5) is 0. The fraction of sp³-hybridized carbons (Fsp3) is 1.00. The summed E-state index contributed by atoms with van der Waals surface area (Å²) in [7, 11) is 5.37. The van der Waals surface area contributed by atoms with Crippen molar-refractivity contribution in [2.24, 2.45) is 5.92 Å². The van der Waals surface area contributed by atoms with Crippen LogP contribution in [0, 0.1) is 5.92 Å². The van der Waals surface area contributed by atoms with E-state index in [1.54, 1.807) is 0 Å². The number of rotatable bonds is 0. The topological polar surface area (TPSA) is 0 Å². The van der Waals surface area contributed by atoms with Crippen molar-refractivity contribution in [3.8, 4) is 0 Å². The molecule has 1 saturated carbocycles. The molecule has 0 spiro atoms. The Kier molecular flexibility index (Phi) is 0.499. The smallest absolute Gasteiger partial charge is 0.0703 e. The van der Waals surface area contributed by atoms with Gasteiger partial charge in [-0.3, -0.25) is 0 Å². The predicted octanol–water partition coefficient (Wildman–Crippen LogP) is 0.983. The zero-order valence-corrected chi connectivity index (χ0v) is 3.44. The molecule has 1 rings (SSSR count). The minimum absolute atomic E-state index is 0.551. The van der Waals surface area contributed by atoms with Gasteiger partial charge in [0.1, 0.15) is 0 Å². The van der Waals surface area contributed by atoms with E-state index in [-0.39, 0.29) is 0 Å². The van der Waals surface area contributed by atoms with Crippen molar-refractivity contribution in [3.05, 3.63) is 0 Å². The second-order valence-corrected chi connectivity index (χ2v) is 1.88. The van der Waals surface area contributed by atoms with Crippen LogP contribution < -0.4 is 0 Å². The molecule has 0 bridgehead atoms. The summed E-state index contributed by atoms with van der Waals surface area (Å²) in [5.74, 6) is 1.38. The summed E-state index contributed by atoms with van der Waals surface area (Å²) >= 11 is 0. The molecule has 0 aliphatic heterocycles. The van der Waals surface area contributed by atoms with E-state index >= 15 is 0 Å². The first-order valence-electron chi connectivity index (χ1n) is 2.06. The lowest BCUT2D eigenvalue weighted by Gasteiger charge is -1.66. The minimum atomic E-state index is 0.551. The first-order valence-corrected chi connectivity index (χ1v) is 2.06. The summed E-state index contributed by atoms with van der Waals surface area (Å²) in [6, 6.07) is 0. The fourth-order valence-electron chi connectivity index (χ4n) is 0.351. The Bertz CT molecular complexity index is 36.9. The van der Waals surface area contributed by atoms with Crippen LogP contribution in [0.5, 0.6) is 0 Å². The summed E-state index contributed by atoms with van der Waals surface area (Å²) in [6.07, 6.45) is 1.25. The molecule has 1 aliphatic carbocycles. The van der Waals surface area contributed by atoms with Gasteiger partial charge in [-0.2, -0.15) is 0 Å². The monoisotopic (exact) mass is 66.1 g/mol. The van der Waals surface area contributed by atoms with Gasteiger partial charge in [0.15, 0.2) is 0 Å². The average Bonchev–Trinajstić information content (AvgIpc) is 1.79. The van der Waals surface area contributed by atoms with E-state index in [0.29, 0.717) is 5.82 Å². The molecule has 0 aromatic heterocycles. The quantitative estimate of drug-likeness (QED) is 0.370. The number of hydrogen-bond acceptors (Lipinski definition) is 0. The maximum absolute atomic E-state index is 5.37. The summed E-state index contributed by atoms with van der Waals surface area (Å²) < 4.78 is 0. The zero-order chi connectivity index (χ0) is 3.86. The van der Waals surface area contributed by atoms with E-state index in [0.717, 1.165) is 5.92 Å². The summed E-state index contributed by atoms with van der Waals surface area (Å²) in [5.41, 5.74) is 0. The highest BCUT2D eigenvalue weighted by Crippen LogP contribution is 2.40. The van der Waals surface area contributed by atoms with Crippen LogP contribution in [0.2, 0.25) is 5.82 Å². The van der Waals surface area contributed by atoms with E-state index in [2.05, 4.69) is 6.92 Å². The van der Waals surface area contributed by atoms with E-state index in [1.165, 1.54) is 6.42 Å². The van der Waals surface area contributed by atoms with Crippen LogP contribution in [0.3, 0.4) is 0 Å². The molecule has 5 heavy (non-hydrogen) atoms. The van der Waals surface area contributed by atoms with Crippen molar-refractivity contribution < 1.29 is 0 Å². The van der Waals surface area contributed by atoms with Gasteiger partial charge in [0.2, 0.25) is 0 Å². The zero-order valence-electron chi connectivity index (χ0n) is 3.44. The number of hydrogen-bond donors (Lipinski definition) is 0. The lowest BCUT2D eigenvalue weighted by atomic mass is 10.0. The van der Waals surface area contributed by atoms with Gasteiger partial charge in [-0.25, -0.2) is 0 Å². The molecule has 0 unspecified atom stereocenters. The highest BCUT2D eigenvalue weighted by atomic mass is 14.3. The molecular weight excluding hydrogens is 58.9 g/mol. The van der Waals surface area contributed by atoms with Crippen LogP contribution in [-0.4, -0.2) is 7.85 Å². The SMILES string of the molecule is [B][C@H]1C[C@H]1C. The molecule has 0 aromatic carbocycles. The first-order chi connectivity index (χ1) is 2.30. The third-order valence-corrected chi connectivity index (χ3v) is 1.17. The molecule has 1 heteroatoms. The second-order valence-electron chi connectivity index (χ2n) is 1.88. The maximum atomic E-state index is 5.37. The van der Waals surface area contributed by atoms with Gasteiger partial charge in [-0.05, 0) is 5.92 Å². The third-order valence-electron chi connectivity index (χ3n) is 1.17. The molecule has 26 valence electrons. The largest absolute Gasteiger partial charge is 0.0746 e. The van der Waals surface area contributed by atoms with Crippen molar-refractivity contribution in [1.29, 1.82) is 0 Å². The molecule has 0 heterocycles. The Morgan fingerprint density at radius 3 is 2.00 bits per heavy atom. The molecule has 0 amide bonds. The van der Waals surface area contributed by atoms with Gasteiger partial charge in [-0.1, -0.05) is 19.2 Å². The van der Waals surface area contributed by atoms with Gasteiger partial charge in [0, 0.05) is 0 Å². The van der Waals surface area contributed by atoms with E-state index in [1.807, 2.05) is 0 Å². The fourth-order valence-corrected chi connectivity index (χ4v) is 0.351. The highest BCUT2D eigenvalue weighted by Gasteiger charge is 2.25. The van der Waals surface area contributed by atoms with Crippen LogP contribution >= 0.6 is 0 Å². The Morgan fingerprint density at radius 1 is 1.80 bits per heavy atom. The third kappa shape index (κ3) is 0.471. The minimum Gasteiger partial charge on any atom is -0.0746 e. The maximum Gasteiger partial charge on any atom is 0.0703 e. The molecule has 1 fully saturated rings. The Morgan fingerprint density at radius 2 is 2.00 bits per heavy atom. The van der Waals surface area contributed by atoms with Crippen LogP contribution in [0.15, 0.2) is 0 Å². The van der Waals surface area contributed by atoms with Crippen molar-refractivity contribution in [1.82, 2.24) is 0 Å². The second kappa shape index (κ2) is 0.765. The molecule has 2 radical (unpaired) electrons. The van der Waals surface area contributed by atoms with Gasteiger partial charge in [0.05, 0.1) is 7.85 Å². The van der Waals surface area contributed by atoms with Crippen LogP contribution in [0.1, 0.15) is 13.3 Å². The first kappa shape index (κ1) is 3.26. The molecule has 0 aromatic rings. The van der Waals surface area contributed by atoms with Crippen molar-refractivity contribution >= 4 is 7.85 Å². The lowest BCUT2D eigenvalue weighted by molar-refractivity contribution is 0.981. The van der Waals surface area contributed by atoms with Crippen molar-refractivity contribution in [2.75, 3.05) is 0 Å². The van der Waals surface area contributed by atoms with Gasteiger partial charge < -0.3 is 0 Å². The van der Waals surface area contributed by atoms with Crippen molar-refractivity contribution in [3.63, 3.8) is 0 Å². The van der Waals surface area contributed by atoms with Gasteiger partial charge in [-0.15, -0.1) is 0 Å². The van der Waals surface area contributed by atoms with Gasteiger partial charge in [0.25, 0.3) is 0 Å². The average molecular weight is 65.9 g/mol. The molecule has 0 nitrogen and oxygen atoms in total. The summed E-state index contributed by atoms with van der Waals surface area (Å²) in [5, 5.41) is 0. The lowest BCUT2D eigenvalue weighted by Crippen LogP contribution is -1.59. The normalized spacial score (nSPS) is 49.0.